The van der Waals surface area contributed by atoms with Crippen LogP contribution >= 0.6 is 0 Å². The molecular weight excluding hydrogens is 479 g/mol. The normalized spacial score (nSPS) is 15.4. The number of benzene rings is 2. The molecule has 2 aliphatic rings. The molecule has 2 bridgehead atoms. The third-order valence-corrected chi connectivity index (χ3v) is 6.02. The number of ether oxygens (including phenoxy) is 2. The highest BCUT2D eigenvalue weighted by molar-refractivity contribution is 5.95. The Labute approximate surface area is 214 Å². The molecule has 0 unspecified atom stereocenters. The van der Waals surface area contributed by atoms with Crippen molar-refractivity contribution < 1.29 is 28.2 Å². The fraction of sp³-hybridized carbons (Fsp3) is 0.296. The van der Waals surface area contributed by atoms with Crippen molar-refractivity contribution in [2.45, 2.75) is 25.8 Å². The molecule has 194 valence electrons. The fourth-order valence-corrected chi connectivity index (χ4v) is 4.05. The molecule has 0 atom stereocenters. The maximum absolute atomic E-state index is 14.7. The molecule has 10 heteroatoms. The number of hydrogen-bond acceptors (Lipinski definition) is 5. The average Bonchev–Trinajstić information content (AvgIpc) is 3.44. The monoisotopic (exact) mass is 508 g/mol. The molecule has 1 aromatic heterocycles. The van der Waals surface area contributed by atoms with E-state index in [1.807, 2.05) is 0 Å². The van der Waals surface area contributed by atoms with E-state index >= 15 is 0 Å². The Hall–Kier alpha value is -4.34. The minimum absolute atomic E-state index is 0.0746. The van der Waals surface area contributed by atoms with Crippen LogP contribution in [-0.2, 0) is 11.3 Å². The molecule has 0 aliphatic carbocycles. The van der Waals surface area contributed by atoms with Gasteiger partial charge in [-0.3, -0.25) is 14.4 Å². The van der Waals surface area contributed by atoms with Crippen LogP contribution in [0.5, 0.6) is 17.2 Å². The topological polar surface area (TPSA) is 113 Å². The zero-order chi connectivity index (χ0) is 26.2. The highest BCUT2D eigenvalue weighted by Gasteiger charge is 2.19. The summed E-state index contributed by atoms with van der Waals surface area (Å²) >= 11 is 0. The van der Waals surface area contributed by atoms with Gasteiger partial charge in [-0.15, -0.1) is 0 Å². The van der Waals surface area contributed by atoms with Gasteiger partial charge in [0, 0.05) is 49.9 Å². The summed E-state index contributed by atoms with van der Waals surface area (Å²) in [4.78, 5) is 42.7. The minimum atomic E-state index is -0.527. The third-order valence-electron chi connectivity index (χ3n) is 6.02. The molecule has 3 N–H and O–H groups in total. The summed E-state index contributed by atoms with van der Waals surface area (Å²) in [5.74, 6) is -0.463. The lowest BCUT2D eigenvalue weighted by molar-refractivity contribution is -0.121. The number of H-pyrrole nitrogens is 1. The summed E-state index contributed by atoms with van der Waals surface area (Å²) < 4.78 is 26.0. The summed E-state index contributed by atoms with van der Waals surface area (Å²) in [5, 5.41) is 5.59. The van der Waals surface area contributed by atoms with E-state index in [9.17, 15) is 18.8 Å². The van der Waals surface area contributed by atoms with Gasteiger partial charge in [-0.1, -0.05) is 6.07 Å². The number of amides is 3. The van der Waals surface area contributed by atoms with Crippen molar-refractivity contribution in [2.24, 2.45) is 0 Å². The second-order valence-electron chi connectivity index (χ2n) is 8.55. The Morgan fingerprint density at radius 1 is 1.03 bits per heavy atom. The van der Waals surface area contributed by atoms with Gasteiger partial charge in [0.15, 0.2) is 11.5 Å². The fourth-order valence-electron chi connectivity index (χ4n) is 4.05. The minimum Gasteiger partial charge on any atom is -0.493 e. The van der Waals surface area contributed by atoms with Crippen molar-refractivity contribution in [3.8, 4) is 17.2 Å². The highest BCUT2D eigenvalue weighted by atomic mass is 19.1. The molecule has 2 aliphatic heterocycles. The first-order valence-corrected chi connectivity index (χ1v) is 12.1. The van der Waals surface area contributed by atoms with Crippen LogP contribution in [0.25, 0.3) is 0 Å². The van der Waals surface area contributed by atoms with Crippen LogP contribution in [0, 0.1) is 5.82 Å². The Balaban J connectivity index is 1.59. The van der Waals surface area contributed by atoms with Gasteiger partial charge in [0.05, 0.1) is 7.11 Å². The highest BCUT2D eigenvalue weighted by Crippen LogP contribution is 2.34. The predicted octanol–water partition coefficient (Wildman–Crippen LogP) is 3.63. The summed E-state index contributed by atoms with van der Waals surface area (Å²) in [6.45, 7) is 1.02. The molecule has 3 heterocycles. The van der Waals surface area contributed by atoms with Gasteiger partial charge in [-0.25, -0.2) is 4.39 Å². The second-order valence-corrected chi connectivity index (χ2v) is 8.55. The van der Waals surface area contributed by atoms with E-state index in [-0.39, 0.29) is 42.0 Å². The molecule has 3 aromatic rings. The predicted molar refractivity (Wildman–Crippen MR) is 134 cm³/mol. The smallest absolute Gasteiger partial charge is 0.270 e. The first kappa shape index (κ1) is 25.7. The number of aromatic amines is 1. The molecule has 37 heavy (non-hydrogen) atoms. The van der Waals surface area contributed by atoms with E-state index in [0.717, 1.165) is 0 Å². The maximum Gasteiger partial charge on any atom is 0.270 e. The SMILES string of the molecule is COc1cc2ccc1Oc1cccc(F)c1CNC(=O)CCCN(C(=O)c1ccc[nH]1)CCCNC2=O. The molecule has 0 saturated carbocycles. The number of carbonyl (C=O) groups is 3. The lowest BCUT2D eigenvalue weighted by Gasteiger charge is -2.22. The van der Waals surface area contributed by atoms with Crippen molar-refractivity contribution in [1.29, 1.82) is 0 Å². The number of hydrogen-bond donors (Lipinski definition) is 3. The van der Waals surface area contributed by atoms with Gasteiger partial charge in [-0.2, -0.15) is 0 Å². The second kappa shape index (κ2) is 12.1. The van der Waals surface area contributed by atoms with Gasteiger partial charge < -0.3 is 30.0 Å². The molecule has 0 radical (unpaired) electrons. The summed E-state index contributed by atoms with van der Waals surface area (Å²) in [6.07, 6.45) is 2.78. The van der Waals surface area contributed by atoms with Gasteiger partial charge in [0.25, 0.3) is 11.8 Å². The van der Waals surface area contributed by atoms with E-state index in [2.05, 4.69) is 15.6 Å². The summed E-state index contributed by atoms with van der Waals surface area (Å²) in [7, 11) is 1.45. The quantitative estimate of drug-likeness (QED) is 0.489. The lowest BCUT2D eigenvalue weighted by Crippen LogP contribution is -2.36. The van der Waals surface area contributed by atoms with Crippen LogP contribution in [0.1, 0.15) is 45.7 Å². The van der Waals surface area contributed by atoms with E-state index in [0.29, 0.717) is 55.2 Å². The lowest BCUT2D eigenvalue weighted by atomic mass is 10.1. The van der Waals surface area contributed by atoms with E-state index in [1.165, 1.54) is 19.2 Å². The molecule has 9 nitrogen and oxygen atoms in total. The number of nitrogens with one attached hydrogen (secondary N) is 3. The molecule has 0 fully saturated rings. The first-order chi connectivity index (χ1) is 18.0. The Kier molecular flexibility index (Phi) is 8.40. The molecule has 2 aromatic carbocycles. The van der Waals surface area contributed by atoms with Crippen molar-refractivity contribution in [2.75, 3.05) is 26.7 Å². The third kappa shape index (κ3) is 6.46. The molecule has 5 rings (SSSR count). The van der Waals surface area contributed by atoms with E-state index in [1.54, 1.807) is 47.5 Å². The van der Waals surface area contributed by atoms with Gasteiger partial charge in [-0.05, 0) is 55.3 Å². The number of methoxy groups -OCH3 is 1. The molecule has 0 saturated heterocycles. The maximum atomic E-state index is 14.7. The Bertz CT molecular complexity index is 1260. The first-order valence-electron chi connectivity index (χ1n) is 12.1. The van der Waals surface area contributed by atoms with Crippen molar-refractivity contribution >= 4 is 17.7 Å². The van der Waals surface area contributed by atoms with Crippen LogP contribution in [0.15, 0.2) is 54.7 Å². The largest absolute Gasteiger partial charge is 0.493 e. The number of nitrogens with zero attached hydrogens (tertiary/aromatic N) is 1. The van der Waals surface area contributed by atoms with Crippen LogP contribution in [0.2, 0.25) is 0 Å². The molecule has 3 amide bonds. The van der Waals surface area contributed by atoms with Gasteiger partial charge in [0.1, 0.15) is 17.3 Å². The summed E-state index contributed by atoms with van der Waals surface area (Å²) in [5.41, 5.74) is 1.00. The molecular formula is C27H29FN4O5. The number of carbonyl (C=O) groups excluding carboxylic acids is 3. The molecule has 0 spiro atoms. The standard InChI is InChI=1S/C27H29FN4O5/c1-36-24-16-18-10-11-23(24)37-22-8-2-6-20(28)19(22)17-31-25(33)9-4-14-32(15-5-13-30-26(18)34)27(35)21-7-3-12-29-21/h2-3,6-8,10-12,16,29H,4-5,9,13-15,17H2,1H3,(H,30,34)(H,31,33). The van der Waals surface area contributed by atoms with Crippen LogP contribution in [0.4, 0.5) is 4.39 Å². The van der Waals surface area contributed by atoms with Crippen LogP contribution in [-0.4, -0.2) is 54.3 Å². The number of aromatic nitrogens is 1. The zero-order valence-corrected chi connectivity index (χ0v) is 20.5. The van der Waals surface area contributed by atoms with Crippen LogP contribution in [0.3, 0.4) is 0 Å². The zero-order valence-electron chi connectivity index (χ0n) is 20.5. The Morgan fingerprint density at radius 3 is 2.65 bits per heavy atom. The van der Waals surface area contributed by atoms with Gasteiger partial charge in [0.2, 0.25) is 5.91 Å². The Morgan fingerprint density at radius 2 is 1.86 bits per heavy atom. The van der Waals surface area contributed by atoms with E-state index in [4.69, 9.17) is 9.47 Å². The number of rotatable bonds is 2. The van der Waals surface area contributed by atoms with Crippen molar-refractivity contribution in [3.05, 3.63) is 77.4 Å². The van der Waals surface area contributed by atoms with Gasteiger partial charge >= 0.3 is 0 Å². The van der Waals surface area contributed by atoms with E-state index < -0.39 is 5.82 Å². The average molecular weight is 509 g/mol. The summed E-state index contributed by atoms with van der Waals surface area (Å²) in [6, 6.07) is 12.5. The number of fused-ring (bicyclic) bond motifs is 13. The van der Waals surface area contributed by atoms with Crippen molar-refractivity contribution in [1.82, 2.24) is 20.5 Å². The van der Waals surface area contributed by atoms with Crippen LogP contribution < -0.4 is 20.1 Å². The number of halogens is 1. The van der Waals surface area contributed by atoms with Crippen molar-refractivity contribution in [3.63, 3.8) is 0 Å².